The van der Waals surface area contributed by atoms with Crippen LogP contribution in [-0.2, 0) is 47.7 Å². The van der Waals surface area contributed by atoms with Crippen LogP contribution in [0, 0.1) is 5.92 Å². The summed E-state index contributed by atoms with van der Waals surface area (Å²) in [6.45, 7) is 8.27. The number of rotatable bonds is 27. The van der Waals surface area contributed by atoms with Gasteiger partial charge in [-0.25, -0.2) is 0 Å². The third kappa shape index (κ3) is 19.2. The van der Waals surface area contributed by atoms with Gasteiger partial charge in [-0.05, 0) is 37.7 Å². The van der Waals surface area contributed by atoms with Gasteiger partial charge in [0, 0.05) is 58.3 Å². The first-order valence-electron chi connectivity index (χ1n) is 15.7. The van der Waals surface area contributed by atoms with Crippen LogP contribution in [0.3, 0.4) is 0 Å². The van der Waals surface area contributed by atoms with Crippen LogP contribution in [0.5, 0.6) is 0 Å². The van der Waals surface area contributed by atoms with Crippen LogP contribution >= 0.6 is 0 Å². The lowest BCUT2D eigenvalue weighted by Gasteiger charge is -2.38. The van der Waals surface area contributed by atoms with Crippen LogP contribution in [0.4, 0.5) is 0 Å². The summed E-state index contributed by atoms with van der Waals surface area (Å²) >= 11 is 0. The van der Waals surface area contributed by atoms with E-state index in [4.69, 9.17) is 29.4 Å². The van der Waals surface area contributed by atoms with E-state index in [-0.39, 0.29) is 29.9 Å². The molecular formula is C32H52N4O10. The van der Waals surface area contributed by atoms with Gasteiger partial charge in [0.2, 0.25) is 11.8 Å². The van der Waals surface area contributed by atoms with Gasteiger partial charge in [0.1, 0.15) is 6.29 Å². The van der Waals surface area contributed by atoms with E-state index in [9.17, 15) is 24.0 Å². The molecule has 3 amide bonds. The Morgan fingerprint density at radius 3 is 1.93 bits per heavy atom. The minimum absolute atomic E-state index is 0.0111. The molecule has 3 N–H and O–H groups in total. The van der Waals surface area contributed by atoms with Crippen LogP contribution in [-0.4, -0.2) is 126 Å². The van der Waals surface area contributed by atoms with Crippen molar-refractivity contribution in [2.75, 3.05) is 86.2 Å². The van der Waals surface area contributed by atoms with Crippen molar-refractivity contribution in [1.29, 1.82) is 0 Å². The first kappa shape index (κ1) is 40.6. The number of aldehydes is 2. The highest BCUT2D eigenvalue weighted by Crippen LogP contribution is 2.20. The SMILES string of the molecule is CC(=O)N1CC(CCCOCCOCCOCCOCCOCC\C=C/C=C(C(=O)N(C)NC(=O)CCCC=O)\C(C=O)=C\N)C1. The largest absolute Gasteiger partial charge is 0.404 e. The number of ether oxygens (including phenoxy) is 5. The van der Waals surface area contributed by atoms with E-state index in [1.54, 1.807) is 19.1 Å². The molecule has 0 atom stereocenters. The van der Waals surface area contributed by atoms with E-state index in [0.717, 1.165) is 43.4 Å². The lowest BCUT2D eigenvalue weighted by Crippen LogP contribution is -2.48. The molecule has 0 saturated carbocycles. The molecule has 1 aliphatic rings. The summed E-state index contributed by atoms with van der Waals surface area (Å²) in [6.07, 6.45) is 10.4. The third-order valence-corrected chi connectivity index (χ3v) is 6.79. The summed E-state index contributed by atoms with van der Waals surface area (Å²) in [7, 11) is 1.36. The van der Waals surface area contributed by atoms with E-state index in [1.165, 1.54) is 13.1 Å². The first-order valence-corrected chi connectivity index (χ1v) is 15.7. The number of hydrogen-bond donors (Lipinski definition) is 2. The molecule has 0 aromatic heterocycles. The summed E-state index contributed by atoms with van der Waals surface area (Å²) in [4.78, 5) is 59.5. The Morgan fingerprint density at radius 1 is 0.848 bits per heavy atom. The van der Waals surface area contributed by atoms with Gasteiger partial charge in [-0.2, -0.15) is 0 Å². The number of nitrogens with zero attached hydrogens (tertiary/aromatic N) is 2. The molecule has 0 bridgehead atoms. The van der Waals surface area contributed by atoms with Crippen molar-refractivity contribution in [2.24, 2.45) is 11.7 Å². The number of allylic oxidation sites excluding steroid dienone is 2. The number of unbranched alkanes of at least 4 members (excludes halogenated alkanes) is 1. The minimum Gasteiger partial charge on any atom is -0.404 e. The van der Waals surface area contributed by atoms with E-state index < -0.39 is 11.8 Å². The summed E-state index contributed by atoms with van der Waals surface area (Å²) in [5, 5.41) is 0.973. The fraction of sp³-hybridized carbons (Fsp3) is 0.656. The van der Waals surface area contributed by atoms with Crippen LogP contribution in [0.25, 0.3) is 0 Å². The summed E-state index contributed by atoms with van der Waals surface area (Å²) in [5.41, 5.74) is 7.90. The van der Waals surface area contributed by atoms with E-state index in [0.29, 0.717) is 91.1 Å². The molecular weight excluding hydrogens is 600 g/mol. The summed E-state index contributed by atoms with van der Waals surface area (Å²) < 4.78 is 27.5. The fourth-order valence-electron chi connectivity index (χ4n) is 4.18. The van der Waals surface area contributed by atoms with Crippen LogP contribution < -0.4 is 11.2 Å². The smallest absolute Gasteiger partial charge is 0.272 e. The number of hydrazine groups is 1. The zero-order valence-electron chi connectivity index (χ0n) is 27.3. The molecule has 0 unspecified atom stereocenters. The number of amides is 3. The number of carbonyl (C=O) groups excluding carboxylic acids is 5. The van der Waals surface area contributed by atoms with Crippen molar-refractivity contribution in [3.05, 3.63) is 35.6 Å². The normalized spacial score (nSPS) is 13.9. The van der Waals surface area contributed by atoms with Gasteiger partial charge < -0.3 is 39.1 Å². The average molecular weight is 653 g/mol. The lowest BCUT2D eigenvalue weighted by molar-refractivity contribution is -0.137. The molecule has 0 aromatic rings. The molecule has 1 aliphatic heterocycles. The number of carbonyl (C=O) groups is 5. The fourth-order valence-corrected chi connectivity index (χ4v) is 4.18. The molecule has 0 aliphatic carbocycles. The van der Waals surface area contributed by atoms with Crippen LogP contribution in [0.1, 0.15) is 45.4 Å². The Kier molecular flexibility index (Phi) is 23.6. The topological polar surface area (TPSA) is 176 Å². The minimum atomic E-state index is -0.622. The summed E-state index contributed by atoms with van der Waals surface area (Å²) in [5.74, 6) is -0.285. The van der Waals surface area contributed by atoms with E-state index in [2.05, 4.69) is 5.43 Å². The van der Waals surface area contributed by atoms with Crippen molar-refractivity contribution in [2.45, 2.75) is 45.4 Å². The Morgan fingerprint density at radius 2 is 1.41 bits per heavy atom. The highest BCUT2D eigenvalue weighted by atomic mass is 16.6. The van der Waals surface area contributed by atoms with Crippen LogP contribution in [0.15, 0.2) is 35.6 Å². The molecule has 0 aromatic carbocycles. The average Bonchev–Trinajstić information content (AvgIpc) is 3.01. The quantitative estimate of drug-likeness (QED) is 0.0427. The maximum absolute atomic E-state index is 12.8. The Hall–Kier alpha value is -3.43. The van der Waals surface area contributed by atoms with Gasteiger partial charge in [-0.15, -0.1) is 0 Å². The van der Waals surface area contributed by atoms with Crippen molar-refractivity contribution < 1.29 is 47.7 Å². The predicted molar refractivity (Wildman–Crippen MR) is 170 cm³/mol. The molecule has 260 valence electrons. The molecule has 0 spiro atoms. The maximum Gasteiger partial charge on any atom is 0.272 e. The second-order valence-corrected chi connectivity index (χ2v) is 10.5. The Labute approximate surface area is 272 Å². The summed E-state index contributed by atoms with van der Waals surface area (Å²) in [6, 6.07) is 0. The van der Waals surface area contributed by atoms with Gasteiger partial charge >= 0.3 is 0 Å². The maximum atomic E-state index is 12.8. The molecule has 46 heavy (non-hydrogen) atoms. The highest BCUT2D eigenvalue weighted by molar-refractivity contribution is 6.05. The predicted octanol–water partition coefficient (Wildman–Crippen LogP) is 1.10. The first-order chi connectivity index (χ1) is 22.3. The third-order valence-electron chi connectivity index (χ3n) is 6.79. The van der Waals surface area contributed by atoms with E-state index >= 15 is 0 Å². The number of hydrogen-bond acceptors (Lipinski definition) is 11. The zero-order valence-corrected chi connectivity index (χ0v) is 27.3. The highest BCUT2D eigenvalue weighted by Gasteiger charge is 2.27. The van der Waals surface area contributed by atoms with Gasteiger partial charge in [0.15, 0.2) is 6.29 Å². The molecule has 1 rings (SSSR count). The second kappa shape index (κ2) is 26.8. The van der Waals surface area contributed by atoms with Crippen molar-refractivity contribution in [1.82, 2.24) is 15.3 Å². The van der Waals surface area contributed by atoms with Gasteiger partial charge in [0.05, 0.1) is 65.0 Å². The molecule has 14 nitrogen and oxygen atoms in total. The van der Waals surface area contributed by atoms with Gasteiger partial charge in [-0.1, -0.05) is 12.2 Å². The van der Waals surface area contributed by atoms with Crippen molar-refractivity contribution >= 4 is 30.3 Å². The Balaban J connectivity index is 2.03. The van der Waals surface area contributed by atoms with Crippen LogP contribution in [0.2, 0.25) is 0 Å². The second-order valence-electron chi connectivity index (χ2n) is 10.5. The molecule has 0 radical (unpaired) electrons. The van der Waals surface area contributed by atoms with Gasteiger partial charge in [-0.3, -0.25) is 29.6 Å². The van der Waals surface area contributed by atoms with Gasteiger partial charge in [0.25, 0.3) is 5.91 Å². The van der Waals surface area contributed by atoms with Crippen molar-refractivity contribution in [3.8, 4) is 0 Å². The molecule has 14 heteroatoms. The molecule has 1 saturated heterocycles. The number of nitrogens with one attached hydrogen (secondary N) is 1. The Bertz CT molecular complexity index is 995. The molecule has 1 heterocycles. The van der Waals surface area contributed by atoms with Crippen molar-refractivity contribution in [3.63, 3.8) is 0 Å². The monoisotopic (exact) mass is 652 g/mol. The standard InChI is InChI=1S/C32H52N4O10/c1-27(39)36-24-28(25-36)9-8-14-43-16-18-45-20-22-46-21-19-44-17-15-42-13-7-3-4-10-30(29(23-33)26-38)32(41)35(2)34-31(40)11-5-6-12-37/h3-4,10,12,23,26,28H,5-9,11,13-22,24-25,33H2,1-2H3,(H,34,40)/b4-3-,29-23+,30-10+. The zero-order chi connectivity index (χ0) is 33.8. The lowest BCUT2D eigenvalue weighted by atomic mass is 9.95. The number of nitrogens with two attached hydrogens (primary N) is 1. The molecule has 1 fully saturated rings. The number of likely N-dealkylation sites (tertiary alicyclic amines) is 1. The number of likely N-dealkylation sites (N-methyl/N-ethyl adjacent to an activating group) is 1. The van der Waals surface area contributed by atoms with E-state index in [1.807, 2.05) is 4.90 Å².